The molecule has 3 aromatic rings. The number of nitrogens with zero attached hydrogens (tertiary/aromatic N) is 1. The summed E-state index contributed by atoms with van der Waals surface area (Å²) in [6.45, 7) is 7.12. The molecule has 3 aromatic carbocycles. The predicted molar refractivity (Wildman–Crippen MR) is 126 cm³/mol. The third kappa shape index (κ3) is 8.44. The average Bonchev–Trinajstić information content (AvgIpc) is 2.78. The number of benzene rings is 3. The molecule has 0 aliphatic carbocycles. The first-order valence-corrected chi connectivity index (χ1v) is 10.7. The molecule has 0 atom stereocenters. The van der Waals surface area contributed by atoms with Gasteiger partial charge in [-0.2, -0.15) is 0 Å². The van der Waals surface area contributed by atoms with E-state index in [1.165, 1.54) is 17.0 Å². The molecule has 4 nitrogen and oxygen atoms in total. The summed E-state index contributed by atoms with van der Waals surface area (Å²) in [5, 5.41) is 1.82. The highest BCUT2D eigenvalue weighted by Crippen LogP contribution is 2.16. The molecular weight excluding hydrogens is 410 g/mol. The van der Waals surface area contributed by atoms with Gasteiger partial charge in [-0.05, 0) is 54.4 Å². The Hall–Kier alpha value is -2.82. The molecule has 1 amide bonds. The van der Waals surface area contributed by atoms with Crippen molar-refractivity contribution in [3.05, 3.63) is 100 Å². The van der Waals surface area contributed by atoms with Crippen molar-refractivity contribution >= 4 is 17.5 Å². The Kier molecular flexibility index (Phi) is 10.1. The normalized spacial score (nSPS) is 10.1. The number of hydroxylamine groups is 2. The molecule has 0 radical (unpaired) electrons. The minimum atomic E-state index is -0.227. The summed E-state index contributed by atoms with van der Waals surface area (Å²) < 4.78 is 5.80. The predicted octanol–water partition coefficient (Wildman–Crippen LogP) is 6.85. The topological polar surface area (TPSA) is 38.8 Å². The Morgan fingerprint density at radius 3 is 1.94 bits per heavy atom. The zero-order valence-electron chi connectivity index (χ0n) is 18.6. The van der Waals surface area contributed by atoms with Crippen molar-refractivity contribution in [3.63, 3.8) is 0 Å². The second-order valence-electron chi connectivity index (χ2n) is 7.21. The molecule has 0 saturated carbocycles. The minimum absolute atomic E-state index is 0.227. The number of amides is 1. The number of halogens is 1. The summed E-state index contributed by atoms with van der Waals surface area (Å²) in [6.07, 6.45) is 1.25. The summed E-state index contributed by atoms with van der Waals surface area (Å²) in [4.78, 5) is 17.9. The third-order valence-electron chi connectivity index (χ3n) is 4.25. The first-order chi connectivity index (χ1) is 14.9. The lowest BCUT2D eigenvalue weighted by Crippen LogP contribution is -2.26. The molecule has 0 aliphatic rings. The van der Waals surface area contributed by atoms with Gasteiger partial charge in [0, 0.05) is 17.6 Å². The lowest BCUT2D eigenvalue weighted by Gasteiger charge is -2.17. The van der Waals surface area contributed by atoms with Crippen molar-refractivity contribution in [2.45, 2.75) is 40.4 Å². The molecule has 0 fully saturated rings. The highest BCUT2D eigenvalue weighted by Gasteiger charge is 2.12. The van der Waals surface area contributed by atoms with E-state index in [2.05, 4.69) is 45.0 Å². The lowest BCUT2D eigenvalue weighted by atomic mass is 10.2. The second-order valence-corrected chi connectivity index (χ2v) is 7.64. The minimum Gasteiger partial charge on any atom is -0.489 e. The molecule has 0 heterocycles. The van der Waals surface area contributed by atoms with Crippen molar-refractivity contribution in [2.75, 3.05) is 7.05 Å². The molecule has 0 saturated heterocycles. The molecule has 0 bridgehead atoms. The van der Waals surface area contributed by atoms with Gasteiger partial charge >= 0.3 is 0 Å². The van der Waals surface area contributed by atoms with Gasteiger partial charge in [0.1, 0.15) is 19.0 Å². The van der Waals surface area contributed by atoms with Crippen LogP contribution in [0, 0.1) is 6.92 Å². The van der Waals surface area contributed by atoms with E-state index in [0.29, 0.717) is 17.2 Å². The van der Waals surface area contributed by atoms with E-state index < -0.39 is 0 Å². The highest BCUT2D eigenvalue weighted by molar-refractivity contribution is 6.30. The van der Waals surface area contributed by atoms with Crippen LogP contribution in [0.2, 0.25) is 5.02 Å². The number of hydrogen-bond acceptors (Lipinski definition) is 3. The molecule has 0 spiro atoms. The van der Waals surface area contributed by atoms with Gasteiger partial charge in [-0.25, -0.2) is 5.06 Å². The standard InChI is InChI=1S/C23H22ClNO3.C3H8/c1-17-3-5-18(6-4-17)15-27-22-13-7-19(8-14-22)16-28-25(2)23(26)20-9-11-21(24)12-10-20;1-3-2/h3-14H,15-16H2,1-2H3;3H2,1-2H3. The summed E-state index contributed by atoms with van der Waals surface area (Å²) in [7, 11) is 1.59. The van der Waals surface area contributed by atoms with Crippen LogP contribution in [0.5, 0.6) is 5.75 Å². The van der Waals surface area contributed by atoms with Crippen molar-refractivity contribution in [1.29, 1.82) is 0 Å². The Bertz CT molecular complexity index is 922. The van der Waals surface area contributed by atoms with Gasteiger partial charge in [0.05, 0.1) is 0 Å². The van der Waals surface area contributed by atoms with Crippen LogP contribution in [-0.2, 0) is 18.1 Å². The van der Waals surface area contributed by atoms with E-state index >= 15 is 0 Å². The third-order valence-corrected chi connectivity index (χ3v) is 4.50. The van der Waals surface area contributed by atoms with Gasteiger partial charge in [-0.3, -0.25) is 9.63 Å². The maximum Gasteiger partial charge on any atom is 0.277 e. The molecule has 0 unspecified atom stereocenters. The zero-order chi connectivity index (χ0) is 22.6. The van der Waals surface area contributed by atoms with Crippen molar-refractivity contribution in [3.8, 4) is 5.75 Å². The van der Waals surface area contributed by atoms with Crippen LogP contribution in [-0.4, -0.2) is 18.0 Å². The first-order valence-electron chi connectivity index (χ1n) is 10.4. The van der Waals surface area contributed by atoms with Gasteiger partial charge in [-0.15, -0.1) is 0 Å². The summed E-state index contributed by atoms with van der Waals surface area (Å²) in [5.41, 5.74) is 3.82. The molecule has 0 N–H and O–H groups in total. The zero-order valence-corrected chi connectivity index (χ0v) is 19.4. The van der Waals surface area contributed by atoms with E-state index in [1.54, 1.807) is 31.3 Å². The fraction of sp³-hybridized carbons (Fsp3) is 0.269. The van der Waals surface area contributed by atoms with E-state index in [0.717, 1.165) is 16.9 Å². The number of aryl methyl sites for hydroxylation is 1. The van der Waals surface area contributed by atoms with Crippen molar-refractivity contribution < 1.29 is 14.4 Å². The molecule has 3 rings (SSSR count). The van der Waals surface area contributed by atoms with Crippen LogP contribution in [0.1, 0.15) is 47.3 Å². The van der Waals surface area contributed by atoms with Gasteiger partial charge in [0.2, 0.25) is 0 Å². The molecule has 164 valence electrons. The van der Waals surface area contributed by atoms with Crippen LogP contribution in [0.3, 0.4) is 0 Å². The second kappa shape index (κ2) is 12.8. The van der Waals surface area contributed by atoms with Crippen molar-refractivity contribution in [1.82, 2.24) is 5.06 Å². The first kappa shape index (κ1) is 24.4. The summed E-state index contributed by atoms with van der Waals surface area (Å²) in [6, 6.07) is 22.6. The van der Waals surface area contributed by atoms with E-state index in [1.807, 2.05) is 24.3 Å². The fourth-order valence-corrected chi connectivity index (χ4v) is 2.66. The Labute approximate surface area is 190 Å². The maximum absolute atomic E-state index is 12.3. The Morgan fingerprint density at radius 2 is 1.35 bits per heavy atom. The van der Waals surface area contributed by atoms with Crippen molar-refractivity contribution in [2.24, 2.45) is 0 Å². The van der Waals surface area contributed by atoms with Gasteiger partial charge in [0.15, 0.2) is 0 Å². The van der Waals surface area contributed by atoms with Crippen LogP contribution in [0.25, 0.3) is 0 Å². The van der Waals surface area contributed by atoms with Crippen LogP contribution in [0.15, 0.2) is 72.8 Å². The number of carbonyl (C=O) groups excluding carboxylic acids is 1. The average molecular weight is 440 g/mol. The van der Waals surface area contributed by atoms with E-state index in [-0.39, 0.29) is 12.5 Å². The lowest BCUT2D eigenvalue weighted by molar-refractivity contribution is -0.116. The summed E-state index contributed by atoms with van der Waals surface area (Å²) >= 11 is 5.85. The number of hydrogen-bond donors (Lipinski definition) is 0. The van der Waals surface area contributed by atoms with Crippen LogP contribution < -0.4 is 4.74 Å². The molecular formula is C26H30ClNO3. The molecule has 0 aromatic heterocycles. The van der Waals surface area contributed by atoms with Gasteiger partial charge < -0.3 is 4.74 Å². The molecule has 5 heteroatoms. The molecule has 31 heavy (non-hydrogen) atoms. The number of carbonyl (C=O) groups is 1. The van der Waals surface area contributed by atoms with Crippen LogP contribution >= 0.6 is 11.6 Å². The number of ether oxygens (including phenoxy) is 1. The van der Waals surface area contributed by atoms with Crippen LogP contribution in [0.4, 0.5) is 0 Å². The monoisotopic (exact) mass is 439 g/mol. The quantitative estimate of drug-likeness (QED) is 0.378. The van der Waals surface area contributed by atoms with Gasteiger partial charge in [0.25, 0.3) is 5.91 Å². The molecule has 0 aliphatic heterocycles. The van der Waals surface area contributed by atoms with Gasteiger partial charge in [-0.1, -0.05) is 73.8 Å². The maximum atomic E-state index is 12.3. The Morgan fingerprint density at radius 1 is 0.839 bits per heavy atom. The highest BCUT2D eigenvalue weighted by atomic mass is 35.5. The Balaban J connectivity index is 0.00000107. The SMILES string of the molecule is CCC.Cc1ccc(COc2ccc(CON(C)C(=O)c3ccc(Cl)cc3)cc2)cc1. The smallest absolute Gasteiger partial charge is 0.277 e. The fourth-order valence-electron chi connectivity index (χ4n) is 2.54. The van der Waals surface area contributed by atoms with E-state index in [4.69, 9.17) is 21.2 Å². The summed E-state index contributed by atoms with van der Waals surface area (Å²) in [5.74, 6) is 0.560. The van der Waals surface area contributed by atoms with E-state index in [9.17, 15) is 4.79 Å². The largest absolute Gasteiger partial charge is 0.489 e. The number of rotatable bonds is 7.